The Morgan fingerprint density at radius 2 is 2.14 bits per heavy atom. The number of nitrogens with zero attached hydrogens (tertiary/aromatic N) is 4. The molecule has 0 atom stereocenters. The van der Waals surface area contributed by atoms with E-state index in [1.807, 2.05) is 0 Å². The Balaban J connectivity index is 3.14. The molecule has 74 valence electrons. The van der Waals surface area contributed by atoms with Crippen LogP contribution >= 0.6 is 0 Å². The first-order chi connectivity index (χ1) is 9.68. The molecule has 6 nitrogen and oxygen atoms in total. The maximum atomic E-state index is 12.2. The van der Waals surface area contributed by atoms with Crippen LogP contribution in [0.1, 0.15) is 9.60 Å². The molecule has 0 aromatic carbocycles. The molecule has 0 saturated carbocycles. The van der Waals surface area contributed by atoms with Crippen LogP contribution in [0, 0.1) is 0 Å². The summed E-state index contributed by atoms with van der Waals surface area (Å²) in [5, 5.41) is 0. The molecule has 14 heavy (non-hydrogen) atoms. The van der Waals surface area contributed by atoms with Crippen LogP contribution < -0.4 is 11.2 Å². The summed E-state index contributed by atoms with van der Waals surface area (Å²) in [5.41, 5.74) is -3.40. The smallest absolute Gasteiger partial charge is 0.328 e. The Bertz CT molecular complexity index is 806. The van der Waals surface area contributed by atoms with Gasteiger partial charge in [0.25, 0.3) is 5.56 Å². The quantitative estimate of drug-likeness (QED) is 0.547. The van der Waals surface area contributed by atoms with Crippen LogP contribution in [0.5, 0.6) is 0 Å². The van der Waals surface area contributed by atoms with Gasteiger partial charge in [-0.25, -0.2) is 9.78 Å². The van der Waals surface area contributed by atoms with Crippen LogP contribution in [0.2, 0.25) is 0 Å². The van der Waals surface area contributed by atoms with E-state index in [4.69, 9.17) is 9.60 Å². The fourth-order valence-electron chi connectivity index (χ4n) is 1.09. The Morgan fingerprint density at radius 3 is 2.79 bits per heavy atom. The van der Waals surface area contributed by atoms with Crippen molar-refractivity contribution in [1.29, 1.82) is 0 Å². The minimum Gasteiger partial charge on any atom is -0.328 e. The van der Waals surface area contributed by atoms with Crippen molar-refractivity contribution >= 4 is 11.2 Å². The highest BCUT2D eigenvalue weighted by molar-refractivity contribution is 5.69. The van der Waals surface area contributed by atoms with Crippen molar-refractivity contribution in [3.8, 4) is 0 Å². The lowest BCUT2D eigenvalue weighted by Crippen LogP contribution is -2.37. The van der Waals surface area contributed by atoms with Crippen LogP contribution in [0.15, 0.2) is 15.9 Å². The van der Waals surface area contributed by atoms with E-state index in [0.717, 1.165) is 0 Å². The molecule has 2 heterocycles. The van der Waals surface area contributed by atoms with Crippen molar-refractivity contribution < 1.29 is 9.60 Å². The van der Waals surface area contributed by atoms with Crippen molar-refractivity contribution in [3.63, 3.8) is 0 Å². The highest BCUT2D eigenvalue weighted by Gasteiger charge is 2.11. The Labute approximate surface area is 88.9 Å². The Kier molecular flexibility index (Phi) is 0.682. The van der Waals surface area contributed by atoms with E-state index in [-0.39, 0.29) is 4.57 Å². The van der Waals surface area contributed by atoms with Gasteiger partial charge in [-0.05, 0) is 0 Å². The summed E-state index contributed by atoms with van der Waals surface area (Å²) >= 11 is 0. The lowest BCUT2D eigenvalue weighted by molar-refractivity contribution is 0.705. The van der Waals surface area contributed by atoms with Gasteiger partial charge in [0.05, 0.1) is 6.30 Å². The summed E-state index contributed by atoms with van der Waals surface area (Å²) < 4.78 is 52.4. The first-order valence-corrected chi connectivity index (χ1v) is 3.47. The second-order valence-electron chi connectivity index (χ2n) is 2.58. The zero-order valence-electron chi connectivity index (χ0n) is 13.8. The average Bonchev–Trinajstić information content (AvgIpc) is 2.65. The molecule has 0 fully saturated rings. The first kappa shape index (κ1) is 3.72. The number of hydrogen-bond acceptors (Lipinski definition) is 3. The van der Waals surface area contributed by atoms with Gasteiger partial charge in [0.1, 0.15) is 1.37 Å². The number of aromatic nitrogens is 4. The summed E-state index contributed by atoms with van der Waals surface area (Å²) in [5.74, 6) is 0. The minimum atomic E-state index is -2.04. The summed E-state index contributed by atoms with van der Waals surface area (Å²) in [4.78, 5) is 27.8. The molecule has 0 bridgehead atoms. The van der Waals surface area contributed by atoms with E-state index in [1.54, 1.807) is 0 Å². The molecular weight excluding hydrogens is 184 g/mol. The van der Waals surface area contributed by atoms with E-state index in [2.05, 4.69) is 4.98 Å². The second-order valence-corrected chi connectivity index (χ2v) is 2.58. The van der Waals surface area contributed by atoms with Crippen LogP contribution in [-0.4, -0.2) is 18.7 Å². The topological polar surface area (TPSA) is 61.8 Å². The maximum Gasteiger partial charge on any atom is 0.332 e. The number of fused-ring (bicyclic) bond motifs is 1. The molecule has 2 aromatic rings. The van der Waals surface area contributed by atoms with Gasteiger partial charge in [0.2, 0.25) is 0 Å². The summed E-state index contributed by atoms with van der Waals surface area (Å²) in [6, 6.07) is 0. The van der Waals surface area contributed by atoms with E-state index in [9.17, 15) is 9.59 Å². The molecule has 0 radical (unpaired) electrons. The van der Waals surface area contributed by atoms with E-state index >= 15 is 0 Å². The largest absolute Gasteiger partial charge is 0.332 e. The minimum absolute atomic E-state index is 0.165. The van der Waals surface area contributed by atoms with Crippen molar-refractivity contribution in [1.82, 2.24) is 18.7 Å². The molecule has 0 spiro atoms. The standard InChI is InChI=1S/C8H10N4O2/c1-10-4-9-6-5(10)7(13)12(3)8(14)11(6)2/h4H,1-3H3/i1D2,2D2,3D2,4D. The molecular formula is C8H10N4O2. The van der Waals surface area contributed by atoms with Crippen LogP contribution in [0.25, 0.3) is 11.2 Å². The lowest BCUT2D eigenvalue weighted by atomic mass is 10.5. The van der Waals surface area contributed by atoms with Gasteiger partial charge in [-0.15, -0.1) is 0 Å². The maximum absolute atomic E-state index is 12.2. The van der Waals surface area contributed by atoms with Gasteiger partial charge in [-0.1, -0.05) is 0 Å². The lowest BCUT2D eigenvalue weighted by Gasteiger charge is -2.02. The fourth-order valence-corrected chi connectivity index (χ4v) is 1.09. The molecule has 0 aliphatic heterocycles. The predicted molar refractivity (Wildman–Crippen MR) is 51.2 cm³/mol. The Morgan fingerprint density at radius 1 is 1.36 bits per heavy atom. The number of hydrogen-bond donors (Lipinski definition) is 0. The third-order valence-electron chi connectivity index (χ3n) is 1.78. The van der Waals surface area contributed by atoms with Crippen LogP contribution in [-0.2, 0) is 21.0 Å². The van der Waals surface area contributed by atoms with Gasteiger partial charge in [-0.2, -0.15) is 0 Å². The second kappa shape index (κ2) is 2.57. The summed E-state index contributed by atoms with van der Waals surface area (Å²) in [7, 11) is 0. The molecule has 0 aliphatic carbocycles. The highest BCUT2D eigenvalue weighted by Crippen LogP contribution is 2.01. The van der Waals surface area contributed by atoms with Crippen LogP contribution in [0.4, 0.5) is 0 Å². The van der Waals surface area contributed by atoms with Gasteiger partial charge >= 0.3 is 5.69 Å². The van der Waals surface area contributed by atoms with Gasteiger partial charge < -0.3 is 4.57 Å². The zero-order chi connectivity index (χ0) is 16.1. The molecule has 0 unspecified atom stereocenters. The fraction of sp³-hybridized carbons (Fsp3) is 0.375. The first-order valence-electron chi connectivity index (χ1n) is 7.44. The zero-order valence-corrected chi connectivity index (χ0v) is 6.84. The Hall–Kier alpha value is -1.85. The monoisotopic (exact) mass is 201 g/mol. The van der Waals surface area contributed by atoms with E-state index < -0.39 is 49.7 Å². The molecule has 6 heteroatoms. The third-order valence-corrected chi connectivity index (χ3v) is 1.78. The van der Waals surface area contributed by atoms with E-state index in [1.165, 1.54) is 0 Å². The highest BCUT2D eigenvalue weighted by atomic mass is 16.2. The average molecular weight is 201 g/mol. The number of aryl methyl sites for hydroxylation is 2. The molecule has 2 rings (SSSR count). The third kappa shape index (κ3) is 0.876. The number of imidazole rings is 1. The SMILES string of the molecule is [2H]c1nc2c(c(=O)n(C([2H])[2H])c(=O)n2C([2H])[2H])n1C([2H])[2H]. The van der Waals surface area contributed by atoms with E-state index in [0.29, 0.717) is 9.13 Å². The molecule has 0 amide bonds. The van der Waals surface area contributed by atoms with Crippen LogP contribution in [0.3, 0.4) is 0 Å². The molecule has 0 saturated heterocycles. The predicted octanol–water partition coefficient (Wildman–Crippen LogP) is -1.03. The van der Waals surface area contributed by atoms with Gasteiger partial charge in [-0.3, -0.25) is 13.9 Å². The van der Waals surface area contributed by atoms with Gasteiger partial charge in [0, 0.05) is 29.2 Å². The summed E-state index contributed by atoms with van der Waals surface area (Å²) in [6.45, 7) is -5.78. The molecule has 0 N–H and O–H groups in total. The van der Waals surface area contributed by atoms with Crippen molar-refractivity contribution in [2.45, 2.75) is 0 Å². The molecule has 2 aromatic heterocycles. The van der Waals surface area contributed by atoms with Crippen molar-refractivity contribution in [2.24, 2.45) is 21.0 Å². The van der Waals surface area contributed by atoms with Crippen molar-refractivity contribution in [2.75, 3.05) is 0 Å². The van der Waals surface area contributed by atoms with Crippen molar-refractivity contribution in [3.05, 3.63) is 27.1 Å². The normalized spacial score (nSPS) is 18.9. The summed E-state index contributed by atoms with van der Waals surface area (Å²) in [6.07, 6.45) is -0.657. The van der Waals surface area contributed by atoms with Gasteiger partial charge in [0.15, 0.2) is 11.2 Å². The number of rotatable bonds is 0. The molecule has 0 aliphatic rings.